The first-order valence-corrected chi connectivity index (χ1v) is 10.3. The molecule has 1 heterocycles. The van der Waals surface area contributed by atoms with Gasteiger partial charge in [0.1, 0.15) is 0 Å². The number of nitrogens with zero attached hydrogens (tertiary/aromatic N) is 1. The molecule has 0 saturated carbocycles. The molecule has 1 aliphatic heterocycles. The van der Waals surface area contributed by atoms with Gasteiger partial charge in [-0.15, -0.1) is 0 Å². The molecule has 0 bridgehead atoms. The minimum Gasteiger partial charge on any atom is -0.310 e. The third kappa shape index (κ3) is 2.94. The van der Waals surface area contributed by atoms with E-state index in [1.54, 1.807) is 0 Å². The van der Waals surface area contributed by atoms with E-state index in [9.17, 15) is 0 Å². The molecule has 0 unspecified atom stereocenters. The summed E-state index contributed by atoms with van der Waals surface area (Å²) < 4.78 is 0. The molecule has 1 nitrogen and oxygen atoms in total. The van der Waals surface area contributed by atoms with Crippen LogP contribution in [0.2, 0.25) is 5.02 Å². The highest BCUT2D eigenvalue weighted by Gasteiger charge is 2.36. The van der Waals surface area contributed by atoms with Crippen molar-refractivity contribution in [2.45, 2.75) is 19.3 Å². The van der Waals surface area contributed by atoms with Crippen molar-refractivity contribution in [1.29, 1.82) is 0 Å². The second-order valence-corrected chi connectivity index (χ2v) is 8.49. The molecule has 1 aliphatic rings. The number of hydrogen-bond donors (Lipinski definition) is 0. The van der Waals surface area contributed by atoms with E-state index in [0.717, 1.165) is 10.7 Å². The highest BCUT2D eigenvalue weighted by Crippen LogP contribution is 2.52. The fraction of sp³-hybridized carbons (Fsp3) is 0.111. The third-order valence-corrected chi connectivity index (χ3v) is 6.16. The molecule has 0 aromatic heterocycles. The normalized spacial score (nSPS) is 14.2. The Labute approximate surface area is 177 Å². The van der Waals surface area contributed by atoms with Crippen LogP contribution in [0, 0.1) is 0 Å². The van der Waals surface area contributed by atoms with Gasteiger partial charge < -0.3 is 4.90 Å². The monoisotopic (exact) mass is 395 g/mol. The molecule has 0 atom stereocenters. The second-order valence-electron chi connectivity index (χ2n) is 8.05. The zero-order valence-corrected chi connectivity index (χ0v) is 17.3. The van der Waals surface area contributed by atoms with Crippen molar-refractivity contribution in [2.75, 3.05) is 4.90 Å². The predicted molar refractivity (Wildman–Crippen MR) is 124 cm³/mol. The summed E-state index contributed by atoms with van der Waals surface area (Å²) in [6, 6.07) is 34.2. The van der Waals surface area contributed by atoms with Gasteiger partial charge in [0.2, 0.25) is 0 Å². The maximum atomic E-state index is 6.39. The van der Waals surface area contributed by atoms with Crippen LogP contribution in [-0.4, -0.2) is 0 Å². The lowest BCUT2D eigenvalue weighted by molar-refractivity contribution is 0.632. The SMILES string of the molecule is CC1(C)c2ccccc2N(c2ccc(-c3ccccc3)cc2)c2ccc(Cl)cc21. The molecule has 0 N–H and O–H groups in total. The van der Waals surface area contributed by atoms with Gasteiger partial charge in [-0.25, -0.2) is 0 Å². The number of rotatable bonds is 2. The van der Waals surface area contributed by atoms with Crippen LogP contribution in [0.1, 0.15) is 25.0 Å². The molecule has 0 aliphatic carbocycles. The Morgan fingerprint density at radius 1 is 0.621 bits per heavy atom. The molecule has 0 spiro atoms. The summed E-state index contributed by atoms with van der Waals surface area (Å²) in [6.07, 6.45) is 0. The minimum absolute atomic E-state index is 0.114. The van der Waals surface area contributed by atoms with E-state index in [4.69, 9.17) is 11.6 Å². The lowest BCUT2D eigenvalue weighted by Gasteiger charge is -2.42. The summed E-state index contributed by atoms with van der Waals surface area (Å²) in [4.78, 5) is 2.35. The van der Waals surface area contributed by atoms with Gasteiger partial charge >= 0.3 is 0 Å². The molecular formula is C27H22ClN. The van der Waals surface area contributed by atoms with Gasteiger partial charge in [0.05, 0.1) is 11.4 Å². The Kier molecular flexibility index (Phi) is 4.22. The van der Waals surface area contributed by atoms with Crippen molar-refractivity contribution in [2.24, 2.45) is 0 Å². The number of benzene rings is 4. The average Bonchev–Trinajstić information content (AvgIpc) is 2.76. The van der Waals surface area contributed by atoms with E-state index >= 15 is 0 Å². The smallest absolute Gasteiger partial charge is 0.0503 e. The molecule has 5 rings (SSSR count). The molecule has 0 amide bonds. The Morgan fingerprint density at radius 3 is 2.00 bits per heavy atom. The number of hydrogen-bond acceptors (Lipinski definition) is 1. The molecule has 4 aromatic carbocycles. The molecule has 0 saturated heterocycles. The zero-order chi connectivity index (χ0) is 20.0. The maximum absolute atomic E-state index is 6.39. The van der Waals surface area contributed by atoms with E-state index in [1.807, 2.05) is 12.1 Å². The van der Waals surface area contributed by atoms with Gasteiger partial charge in [-0.1, -0.05) is 86.1 Å². The van der Waals surface area contributed by atoms with Gasteiger partial charge in [-0.05, 0) is 58.7 Å². The Bertz CT molecular complexity index is 1180. The van der Waals surface area contributed by atoms with E-state index in [2.05, 4.69) is 104 Å². The molecule has 2 heteroatoms. The van der Waals surface area contributed by atoms with Crippen LogP contribution in [0.25, 0.3) is 11.1 Å². The number of fused-ring (bicyclic) bond motifs is 2. The number of halogens is 1. The van der Waals surface area contributed by atoms with Crippen LogP contribution < -0.4 is 4.90 Å². The standard InChI is InChI=1S/C27H22ClN/c1-27(2)23-10-6-7-11-25(23)29(26-17-14-21(28)18-24(26)27)22-15-12-20(13-16-22)19-8-4-3-5-9-19/h3-18H,1-2H3. The summed E-state index contributed by atoms with van der Waals surface area (Å²) in [5, 5.41) is 0.774. The van der Waals surface area contributed by atoms with Crippen LogP contribution in [-0.2, 0) is 5.41 Å². The summed E-state index contributed by atoms with van der Waals surface area (Å²) in [7, 11) is 0. The summed E-state index contributed by atoms with van der Waals surface area (Å²) in [5.74, 6) is 0. The first-order valence-electron chi connectivity index (χ1n) is 9.91. The molecule has 4 aromatic rings. The van der Waals surface area contributed by atoms with Crippen LogP contribution in [0.3, 0.4) is 0 Å². The van der Waals surface area contributed by atoms with Gasteiger partial charge in [0, 0.05) is 16.1 Å². The van der Waals surface area contributed by atoms with Crippen molar-refractivity contribution in [1.82, 2.24) is 0 Å². The van der Waals surface area contributed by atoms with Crippen molar-refractivity contribution in [3.63, 3.8) is 0 Å². The van der Waals surface area contributed by atoms with E-state index in [0.29, 0.717) is 0 Å². The van der Waals surface area contributed by atoms with Crippen molar-refractivity contribution >= 4 is 28.7 Å². The number of anilines is 3. The molecule has 142 valence electrons. The first kappa shape index (κ1) is 18.0. The van der Waals surface area contributed by atoms with E-state index < -0.39 is 0 Å². The lowest BCUT2D eigenvalue weighted by atomic mass is 9.73. The van der Waals surface area contributed by atoms with Gasteiger partial charge in [0.25, 0.3) is 0 Å². The lowest BCUT2D eigenvalue weighted by Crippen LogP contribution is -2.30. The zero-order valence-electron chi connectivity index (χ0n) is 16.6. The Balaban J connectivity index is 1.68. The fourth-order valence-corrected chi connectivity index (χ4v) is 4.56. The third-order valence-electron chi connectivity index (χ3n) is 5.92. The summed E-state index contributed by atoms with van der Waals surface area (Å²) in [5.41, 5.74) is 8.44. The Hall–Kier alpha value is -3.03. The average molecular weight is 396 g/mol. The van der Waals surface area contributed by atoms with Crippen LogP contribution >= 0.6 is 11.6 Å². The van der Waals surface area contributed by atoms with Crippen LogP contribution in [0.5, 0.6) is 0 Å². The van der Waals surface area contributed by atoms with Crippen molar-refractivity contribution in [3.05, 3.63) is 113 Å². The highest BCUT2D eigenvalue weighted by atomic mass is 35.5. The van der Waals surface area contributed by atoms with E-state index in [-0.39, 0.29) is 5.41 Å². The summed E-state index contributed by atoms with van der Waals surface area (Å²) in [6.45, 7) is 4.55. The largest absolute Gasteiger partial charge is 0.310 e. The fourth-order valence-electron chi connectivity index (χ4n) is 4.39. The number of para-hydroxylation sites is 1. The van der Waals surface area contributed by atoms with Gasteiger partial charge in [0.15, 0.2) is 0 Å². The topological polar surface area (TPSA) is 3.24 Å². The summed E-state index contributed by atoms with van der Waals surface area (Å²) >= 11 is 6.39. The molecular weight excluding hydrogens is 374 g/mol. The molecule has 0 radical (unpaired) electrons. The van der Waals surface area contributed by atoms with Crippen molar-refractivity contribution < 1.29 is 0 Å². The van der Waals surface area contributed by atoms with Crippen molar-refractivity contribution in [3.8, 4) is 11.1 Å². The quantitative estimate of drug-likeness (QED) is 0.331. The second kappa shape index (κ2) is 6.79. The maximum Gasteiger partial charge on any atom is 0.0503 e. The van der Waals surface area contributed by atoms with E-state index in [1.165, 1.54) is 33.6 Å². The van der Waals surface area contributed by atoms with Gasteiger partial charge in [-0.3, -0.25) is 0 Å². The van der Waals surface area contributed by atoms with Gasteiger partial charge in [-0.2, -0.15) is 0 Å². The molecule has 0 fully saturated rings. The Morgan fingerprint density at radius 2 is 1.24 bits per heavy atom. The molecule has 29 heavy (non-hydrogen) atoms. The highest BCUT2D eigenvalue weighted by molar-refractivity contribution is 6.30. The first-order chi connectivity index (χ1) is 14.1. The van der Waals surface area contributed by atoms with Crippen LogP contribution in [0.15, 0.2) is 97.1 Å². The van der Waals surface area contributed by atoms with Crippen LogP contribution in [0.4, 0.5) is 17.1 Å². The predicted octanol–water partition coefficient (Wildman–Crippen LogP) is 8.12. The minimum atomic E-state index is -0.114.